The molecular formula is C12H17N3. The first-order valence-electron chi connectivity index (χ1n) is 5.44. The molecular weight excluding hydrogens is 186 g/mol. The number of nitrogens with one attached hydrogen (secondary N) is 1. The van der Waals surface area contributed by atoms with Gasteiger partial charge in [0.05, 0.1) is 5.52 Å². The fourth-order valence-corrected chi connectivity index (χ4v) is 1.70. The molecule has 1 N–H and O–H groups in total. The van der Waals surface area contributed by atoms with Gasteiger partial charge in [-0.15, -0.1) is 0 Å². The minimum absolute atomic E-state index is 0.416. The lowest BCUT2D eigenvalue weighted by Crippen LogP contribution is -1.91. The molecule has 2 aromatic rings. The Morgan fingerprint density at radius 2 is 1.87 bits per heavy atom. The van der Waals surface area contributed by atoms with Crippen molar-refractivity contribution in [3.8, 4) is 0 Å². The number of aromatic amines is 1. The zero-order valence-electron chi connectivity index (χ0n) is 9.70. The van der Waals surface area contributed by atoms with Gasteiger partial charge >= 0.3 is 0 Å². The quantitative estimate of drug-likeness (QED) is 0.814. The highest BCUT2D eigenvalue weighted by Crippen LogP contribution is 2.23. The van der Waals surface area contributed by atoms with Crippen LogP contribution in [0.15, 0.2) is 12.3 Å². The molecule has 0 aliphatic heterocycles. The molecule has 0 saturated carbocycles. The van der Waals surface area contributed by atoms with Crippen molar-refractivity contribution < 1.29 is 0 Å². The summed E-state index contributed by atoms with van der Waals surface area (Å²) in [5.74, 6) is 1.93. The van der Waals surface area contributed by atoms with Crippen LogP contribution in [0, 0.1) is 0 Å². The predicted octanol–water partition coefficient (Wildman–Crippen LogP) is 3.20. The molecule has 2 heterocycles. The molecule has 15 heavy (non-hydrogen) atoms. The topological polar surface area (TPSA) is 41.6 Å². The number of aromatic nitrogens is 3. The van der Waals surface area contributed by atoms with Crippen molar-refractivity contribution in [2.75, 3.05) is 0 Å². The number of hydrogen-bond acceptors (Lipinski definition) is 2. The van der Waals surface area contributed by atoms with Crippen molar-refractivity contribution in [1.82, 2.24) is 15.0 Å². The number of nitrogens with zero attached hydrogens (tertiary/aromatic N) is 2. The summed E-state index contributed by atoms with van der Waals surface area (Å²) < 4.78 is 0. The third kappa shape index (κ3) is 1.74. The van der Waals surface area contributed by atoms with Gasteiger partial charge in [0.1, 0.15) is 5.82 Å². The van der Waals surface area contributed by atoms with Gasteiger partial charge in [-0.1, -0.05) is 27.7 Å². The van der Waals surface area contributed by atoms with Crippen molar-refractivity contribution in [2.45, 2.75) is 39.5 Å². The van der Waals surface area contributed by atoms with Crippen molar-refractivity contribution in [1.29, 1.82) is 0 Å². The first-order chi connectivity index (χ1) is 7.09. The highest BCUT2D eigenvalue weighted by molar-refractivity contribution is 5.75. The van der Waals surface area contributed by atoms with E-state index in [2.05, 4.69) is 48.7 Å². The molecule has 0 aliphatic rings. The highest BCUT2D eigenvalue weighted by atomic mass is 15.0. The Balaban J connectivity index is 2.64. The zero-order valence-corrected chi connectivity index (χ0v) is 9.70. The van der Waals surface area contributed by atoms with Crippen LogP contribution in [-0.2, 0) is 0 Å². The maximum atomic E-state index is 4.49. The molecule has 2 rings (SSSR count). The Bertz CT molecular complexity index is 469. The zero-order chi connectivity index (χ0) is 11.0. The van der Waals surface area contributed by atoms with Gasteiger partial charge in [0.2, 0.25) is 0 Å². The molecule has 80 valence electrons. The van der Waals surface area contributed by atoms with E-state index in [9.17, 15) is 0 Å². The Morgan fingerprint density at radius 3 is 2.47 bits per heavy atom. The lowest BCUT2D eigenvalue weighted by molar-refractivity contribution is 0.797. The average molecular weight is 203 g/mol. The van der Waals surface area contributed by atoms with E-state index in [-0.39, 0.29) is 0 Å². The van der Waals surface area contributed by atoms with E-state index in [0.29, 0.717) is 11.8 Å². The Hall–Kier alpha value is -1.38. The van der Waals surface area contributed by atoms with E-state index < -0.39 is 0 Å². The molecule has 0 saturated heterocycles. The van der Waals surface area contributed by atoms with E-state index in [4.69, 9.17) is 0 Å². The predicted molar refractivity (Wildman–Crippen MR) is 62.1 cm³/mol. The lowest BCUT2D eigenvalue weighted by atomic mass is 10.0. The number of imidazole rings is 1. The number of H-pyrrole nitrogens is 1. The monoisotopic (exact) mass is 203 g/mol. The maximum absolute atomic E-state index is 4.49. The van der Waals surface area contributed by atoms with Crippen LogP contribution in [0.3, 0.4) is 0 Å². The van der Waals surface area contributed by atoms with Crippen LogP contribution >= 0.6 is 0 Å². The molecule has 0 bridgehead atoms. The molecule has 3 heteroatoms. The molecule has 0 aromatic carbocycles. The van der Waals surface area contributed by atoms with E-state index in [1.165, 1.54) is 5.56 Å². The van der Waals surface area contributed by atoms with Crippen molar-refractivity contribution in [3.63, 3.8) is 0 Å². The van der Waals surface area contributed by atoms with E-state index in [1.807, 2.05) is 6.20 Å². The second-order valence-corrected chi connectivity index (χ2v) is 4.53. The van der Waals surface area contributed by atoms with Crippen LogP contribution in [0.4, 0.5) is 0 Å². The largest absolute Gasteiger partial charge is 0.340 e. The third-order valence-electron chi connectivity index (χ3n) is 2.61. The molecule has 0 unspecified atom stereocenters. The first kappa shape index (κ1) is 10.1. The van der Waals surface area contributed by atoms with Crippen LogP contribution in [0.1, 0.15) is 50.9 Å². The number of rotatable bonds is 2. The van der Waals surface area contributed by atoms with Gasteiger partial charge in [-0.2, -0.15) is 0 Å². The number of pyridine rings is 1. The molecule has 2 aromatic heterocycles. The Morgan fingerprint density at radius 1 is 1.13 bits per heavy atom. The van der Waals surface area contributed by atoms with Crippen LogP contribution in [-0.4, -0.2) is 15.0 Å². The average Bonchev–Trinajstić information content (AvgIpc) is 2.60. The minimum Gasteiger partial charge on any atom is -0.340 e. The van der Waals surface area contributed by atoms with Gasteiger partial charge < -0.3 is 4.98 Å². The van der Waals surface area contributed by atoms with Crippen LogP contribution in [0.2, 0.25) is 0 Å². The lowest BCUT2D eigenvalue weighted by Gasteiger charge is -2.04. The normalized spacial score (nSPS) is 11.9. The minimum atomic E-state index is 0.416. The van der Waals surface area contributed by atoms with Gasteiger partial charge in [0.25, 0.3) is 0 Å². The van der Waals surface area contributed by atoms with Crippen molar-refractivity contribution in [2.24, 2.45) is 0 Å². The first-order valence-corrected chi connectivity index (χ1v) is 5.44. The molecule has 0 fully saturated rings. The fourth-order valence-electron chi connectivity index (χ4n) is 1.70. The van der Waals surface area contributed by atoms with Gasteiger partial charge in [-0.3, -0.25) is 0 Å². The smallest absolute Gasteiger partial charge is 0.177 e. The summed E-state index contributed by atoms with van der Waals surface area (Å²) in [6.45, 7) is 8.63. The second kappa shape index (κ2) is 3.65. The van der Waals surface area contributed by atoms with Gasteiger partial charge in [0, 0.05) is 12.1 Å². The summed E-state index contributed by atoms with van der Waals surface area (Å²) in [5.41, 5.74) is 3.22. The summed E-state index contributed by atoms with van der Waals surface area (Å²) in [5, 5.41) is 0. The van der Waals surface area contributed by atoms with E-state index >= 15 is 0 Å². The van der Waals surface area contributed by atoms with Crippen LogP contribution in [0.25, 0.3) is 11.2 Å². The third-order valence-corrected chi connectivity index (χ3v) is 2.61. The van der Waals surface area contributed by atoms with E-state index in [1.54, 1.807) is 0 Å². The molecule has 0 amide bonds. The Kier molecular flexibility index (Phi) is 2.47. The molecule has 0 aliphatic carbocycles. The summed E-state index contributed by atoms with van der Waals surface area (Å²) >= 11 is 0. The summed E-state index contributed by atoms with van der Waals surface area (Å²) in [4.78, 5) is 12.1. The highest BCUT2D eigenvalue weighted by Gasteiger charge is 2.11. The van der Waals surface area contributed by atoms with Gasteiger partial charge in [0.15, 0.2) is 5.65 Å². The SMILES string of the molecule is CC(C)c1nc2nccc(C(C)C)c2[nH]1. The van der Waals surface area contributed by atoms with Crippen molar-refractivity contribution >= 4 is 11.2 Å². The van der Waals surface area contributed by atoms with Gasteiger partial charge in [-0.25, -0.2) is 9.97 Å². The summed E-state index contributed by atoms with van der Waals surface area (Å²) in [7, 11) is 0. The molecule has 0 atom stereocenters. The summed E-state index contributed by atoms with van der Waals surface area (Å²) in [6, 6.07) is 2.06. The fraction of sp³-hybridized carbons (Fsp3) is 0.500. The van der Waals surface area contributed by atoms with E-state index in [0.717, 1.165) is 17.0 Å². The maximum Gasteiger partial charge on any atom is 0.177 e. The number of hydrogen-bond donors (Lipinski definition) is 1. The van der Waals surface area contributed by atoms with Crippen LogP contribution < -0.4 is 0 Å². The van der Waals surface area contributed by atoms with Crippen molar-refractivity contribution in [3.05, 3.63) is 23.7 Å². The number of fused-ring (bicyclic) bond motifs is 1. The molecule has 0 spiro atoms. The molecule has 0 radical (unpaired) electrons. The standard InChI is InChI=1S/C12H17N3/c1-7(2)9-5-6-13-12-10(9)14-11(15-12)8(3)4/h5-8H,1-4H3,(H,13,14,15). The summed E-state index contributed by atoms with van der Waals surface area (Å²) in [6.07, 6.45) is 1.84. The molecule has 3 nitrogen and oxygen atoms in total. The second-order valence-electron chi connectivity index (χ2n) is 4.53. The van der Waals surface area contributed by atoms with Crippen LogP contribution in [0.5, 0.6) is 0 Å². The van der Waals surface area contributed by atoms with Gasteiger partial charge in [-0.05, 0) is 17.5 Å². The Labute approximate surface area is 90.0 Å².